The first-order valence-corrected chi connectivity index (χ1v) is 18.4. The Morgan fingerprint density at radius 2 is 1.10 bits per heavy atom. The minimum absolute atomic E-state index is 0.180. The summed E-state index contributed by atoms with van der Waals surface area (Å²) in [7, 11) is 0. The van der Waals surface area contributed by atoms with Crippen LogP contribution in [-0.2, 0) is 12.0 Å². The Morgan fingerprint density at radius 3 is 1.81 bits per heavy atom. The highest BCUT2D eigenvalue weighted by Crippen LogP contribution is 2.65. The fourth-order valence-corrected chi connectivity index (χ4v) is 9.71. The standard InChI is InChI=1S/C50H36N2/c1-4-16-34(17-5-1)36-28-29-46-44(31-36)50(42-24-12-14-26-47(42)52(39-21-8-3-9-22-39)48-27-15-13-25-43(48)50)45-32-38(35-18-6-2-7-19-35)30-41-40-23-11-10-20-37(40)33-51(46)49(41)45/h1-28,30-32,46H,29,33H2. The summed E-state index contributed by atoms with van der Waals surface area (Å²) >= 11 is 0. The van der Waals surface area contributed by atoms with Gasteiger partial charge in [-0.1, -0.05) is 152 Å². The van der Waals surface area contributed by atoms with Crippen molar-refractivity contribution in [1.29, 1.82) is 0 Å². The van der Waals surface area contributed by atoms with E-state index in [4.69, 9.17) is 0 Å². The van der Waals surface area contributed by atoms with Crippen molar-refractivity contribution in [2.75, 3.05) is 9.80 Å². The van der Waals surface area contributed by atoms with Gasteiger partial charge in [0.1, 0.15) is 0 Å². The SMILES string of the molecule is C1=C(c2ccccc2)C=C2C(C1)N1Cc3ccccc3-c3cc(-c4ccccc4)cc(c31)C21c2ccccc2N(c2ccccc2)c2ccccc21. The van der Waals surface area contributed by atoms with E-state index in [1.807, 2.05) is 0 Å². The molecule has 1 unspecified atom stereocenters. The Balaban J connectivity index is 1.32. The number of rotatable bonds is 3. The zero-order valence-corrected chi connectivity index (χ0v) is 28.8. The summed E-state index contributed by atoms with van der Waals surface area (Å²) in [6.45, 7) is 0.882. The van der Waals surface area contributed by atoms with Crippen molar-refractivity contribution in [3.8, 4) is 22.3 Å². The molecule has 0 N–H and O–H groups in total. The van der Waals surface area contributed by atoms with Crippen LogP contribution in [0.3, 0.4) is 0 Å². The van der Waals surface area contributed by atoms with Crippen molar-refractivity contribution in [2.45, 2.75) is 24.4 Å². The van der Waals surface area contributed by atoms with Gasteiger partial charge in [0.15, 0.2) is 0 Å². The first kappa shape index (κ1) is 29.4. The molecule has 2 nitrogen and oxygen atoms in total. The number of nitrogens with zero attached hydrogens (tertiary/aromatic N) is 2. The van der Waals surface area contributed by atoms with Gasteiger partial charge in [0.2, 0.25) is 0 Å². The van der Waals surface area contributed by atoms with Crippen LogP contribution in [0.4, 0.5) is 22.7 Å². The fraction of sp³-hybridized carbons (Fsp3) is 0.0800. The summed E-state index contributed by atoms with van der Waals surface area (Å²) in [4.78, 5) is 5.23. The van der Waals surface area contributed by atoms with Crippen LogP contribution in [0.2, 0.25) is 0 Å². The molecule has 0 aromatic heterocycles. The summed E-state index contributed by atoms with van der Waals surface area (Å²) in [5.74, 6) is 0. The second kappa shape index (κ2) is 11.3. The second-order valence-corrected chi connectivity index (χ2v) is 14.4. The smallest absolute Gasteiger partial charge is 0.0746 e. The lowest BCUT2D eigenvalue weighted by molar-refractivity contribution is 0.536. The highest BCUT2D eigenvalue weighted by atomic mass is 15.2. The first-order valence-electron chi connectivity index (χ1n) is 18.4. The van der Waals surface area contributed by atoms with Crippen LogP contribution in [0.5, 0.6) is 0 Å². The Kier molecular flexibility index (Phi) is 6.39. The van der Waals surface area contributed by atoms with Gasteiger partial charge < -0.3 is 9.80 Å². The minimum atomic E-state index is -0.547. The molecular weight excluding hydrogens is 629 g/mol. The molecule has 3 heterocycles. The molecule has 52 heavy (non-hydrogen) atoms. The number of anilines is 4. The summed E-state index contributed by atoms with van der Waals surface area (Å²) in [5, 5.41) is 0. The molecular formula is C50H36N2. The first-order chi connectivity index (χ1) is 25.8. The normalized spacial score (nSPS) is 17.2. The van der Waals surface area contributed by atoms with Crippen LogP contribution >= 0.6 is 0 Å². The lowest BCUT2D eigenvalue weighted by Crippen LogP contribution is -2.53. The Morgan fingerprint density at radius 1 is 0.500 bits per heavy atom. The summed E-state index contributed by atoms with van der Waals surface area (Å²) < 4.78 is 0. The Labute approximate surface area is 305 Å². The third kappa shape index (κ3) is 4.06. The van der Waals surface area contributed by atoms with Gasteiger partial charge in [0.05, 0.1) is 28.5 Å². The highest BCUT2D eigenvalue weighted by molar-refractivity contribution is 5.99. The lowest BCUT2D eigenvalue weighted by Gasteiger charge is -2.57. The molecule has 3 aliphatic heterocycles. The molecule has 0 radical (unpaired) electrons. The van der Waals surface area contributed by atoms with Gasteiger partial charge in [-0.15, -0.1) is 0 Å². The van der Waals surface area contributed by atoms with Crippen molar-refractivity contribution in [3.05, 3.63) is 221 Å². The summed E-state index contributed by atoms with van der Waals surface area (Å²) in [5.41, 5.74) is 19.0. The van der Waals surface area contributed by atoms with E-state index in [0.29, 0.717) is 0 Å². The van der Waals surface area contributed by atoms with Crippen molar-refractivity contribution in [2.24, 2.45) is 0 Å². The van der Waals surface area contributed by atoms with Crippen molar-refractivity contribution >= 4 is 28.3 Å². The topological polar surface area (TPSA) is 6.48 Å². The van der Waals surface area contributed by atoms with E-state index < -0.39 is 5.41 Å². The second-order valence-electron chi connectivity index (χ2n) is 14.4. The molecule has 4 aliphatic rings. The molecule has 2 heteroatoms. The molecule has 0 saturated heterocycles. The molecule has 1 spiro atoms. The fourth-order valence-electron chi connectivity index (χ4n) is 9.71. The largest absolute Gasteiger partial charge is 0.359 e. The van der Waals surface area contributed by atoms with Gasteiger partial charge in [-0.05, 0) is 98.5 Å². The van der Waals surface area contributed by atoms with Gasteiger partial charge in [0, 0.05) is 17.8 Å². The van der Waals surface area contributed by atoms with E-state index in [1.54, 1.807) is 0 Å². The Hall–Kier alpha value is -6.38. The van der Waals surface area contributed by atoms with Gasteiger partial charge in [0.25, 0.3) is 0 Å². The third-order valence-corrected chi connectivity index (χ3v) is 11.8. The van der Waals surface area contributed by atoms with E-state index in [0.717, 1.165) is 13.0 Å². The molecule has 0 saturated carbocycles. The summed E-state index contributed by atoms with van der Waals surface area (Å²) in [6, 6.07) is 65.5. The maximum atomic E-state index is 2.74. The number of para-hydroxylation sites is 3. The lowest BCUT2D eigenvalue weighted by atomic mass is 9.56. The predicted octanol–water partition coefficient (Wildman–Crippen LogP) is 12.3. The molecule has 0 bridgehead atoms. The molecule has 11 rings (SSSR count). The van der Waals surface area contributed by atoms with Gasteiger partial charge in [-0.2, -0.15) is 0 Å². The minimum Gasteiger partial charge on any atom is -0.359 e. The zero-order valence-electron chi connectivity index (χ0n) is 28.8. The third-order valence-electron chi connectivity index (χ3n) is 11.8. The van der Waals surface area contributed by atoms with Gasteiger partial charge in [-0.3, -0.25) is 0 Å². The van der Waals surface area contributed by atoms with Crippen LogP contribution in [0.25, 0.3) is 27.8 Å². The van der Waals surface area contributed by atoms with E-state index in [9.17, 15) is 0 Å². The van der Waals surface area contributed by atoms with Crippen LogP contribution in [0.15, 0.2) is 194 Å². The van der Waals surface area contributed by atoms with Crippen LogP contribution in [0, 0.1) is 0 Å². The maximum Gasteiger partial charge on any atom is 0.0746 e. The molecule has 7 aromatic rings. The molecule has 0 amide bonds. The zero-order chi connectivity index (χ0) is 34.2. The van der Waals surface area contributed by atoms with Crippen molar-refractivity contribution in [1.82, 2.24) is 0 Å². The van der Waals surface area contributed by atoms with E-state index in [1.165, 1.54) is 84.0 Å². The maximum absolute atomic E-state index is 2.74. The number of hydrogen-bond donors (Lipinski definition) is 0. The highest BCUT2D eigenvalue weighted by Gasteiger charge is 2.56. The molecule has 0 fully saturated rings. The predicted molar refractivity (Wildman–Crippen MR) is 215 cm³/mol. The summed E-state index contributed by atoms with van der Waals surface area (Å²) in [6.07, 6.45) is 5.98. The number of hydrogen-bond acceptors (Lipinski definition) is 2. The average Bonchev–Trinajstić information content (AvgIpc) is 3.23. The number of benzene rings is 7. The Bertz CT molecular complexity index is 2530. The monoisotopic (exact) mass is 664 g/mol. The number of allylic oxidation sites excluding steroid dienone is 2. The van der Waals surface area contributed by atoms with Gasteiger partial charge in [-0.25, -0.2) is 0 Å². The molecule has 246 valence electrons. The number of fused-ring (bicyclic) bond motifs is 10. The average molecular weight is 665 g/mol. The molecule has 1 aliphatic carbocycles. The molecule has 1 atom stereocenters. The quantitative estimate of drug-likeness (QED) is 0.185. The van der Waals surface area contributed by atoms with Crippen LogP contribution in [-0.4, -0.2) is 6.04 Å². The van der Waals surface area contributed by atoms with E-state index >= 15 is 0 Å². The van der Waals surface area contributed by atoms with Crippen LogP contribution < -0.4 is 9.80 Å². The molecule has 7 aromatic carbocycles. The van der Waals surface area contributed by atoms with Crippen molar-refractivity contribution in [3.63, 3.8) is 0 Å². The van der Waals surface area contributed by atoms with E-state index in [-0.39, 0.29) is 6.04 Å². The van der Waals surface area contributed by atoms with Crippen molar-refractivity contribution < 1.29 is 0 Å². The van der Waals surface area contributed by atoms with Gasteiger partial charge >= 0.3 is 0 Å². The van der Waals surface area contributed by atoms with Crippen LogP contribution in [0.1, 0.15) is 34.2 Å². The van der Waals surface area contributed by atoms with E-state index in [2.05, 4.69) is 198 Å².